The van der Waals surface area contributed by atoms with Gasteiger partial charge in [-0.25, -0.2) is 0 Å². The van der Waals surface area contributed by atoms with E-state index in [1.165, 1.54) is 12.1 Å². The molecule has 0 bridgehead atoms. The number of likely N-dealkylation sites (tertiary alicyclic amines) is 1. The highest BCUT2D eigenvalue weighted by Gasteiger charge is 2.38. The van der Waals surface area contributed by atoms with Gasteiger partial charge in [-0.2, -0.15) is 13.2 Å². The molecule has 2 heterocycles. The van der Waals surface area contributed by atoms with Crippen molar-refractivity contribution in [3.05, 3.63) is 95.6 Å². The topological polar surface area (TPSA) is 29.5 Å². The highest BCUT2D eigenvalue weighted by molar-refractivity contribution is 5.94. The molecule has 168 valence electrons. The average molecular weight is 449 g/mol. The molecule has 2 aliphatic heterocycles. The standard InChI is InChI=1S/C27H22F3NO2/c28-27(29,30)23-9-6-20(7-10-23)25(32)31-16-14-26(15-17-31)13-12-22-18-21(8-11-24(22)33-26)19-4-2-1-3-5-19/h1-13,18H,14-17H2. The quantitative estimate of drug-likeness (QED) is 0.450. The second-order valence-corrected chi connectivity index (χ2v) is 8.49. The van der Waals surface area contributed by atoms with Gasteiger partial charge in [-0.1, -0.05) is 42.5 Å². The lowest BCUT2D eigenvalue weighted by Crippen LogP contribution is -2.49. The van der Waals surface area contributed by atoms with Gasteiger partial charge in [-0.15, -0.1) is 0 Å². The molecule has 6 heteroatoms. The van der Waals surface area contributed by atoms with Gasteiger partial charge in [-0.05, 0) is 53.6 Å². The Balaban J connectivity index is 1.26. The van der Waals surface area contributed by atoms with Gasteiger partial charge in [0.1, 0.15) is 11.4 Å². The molecule has 33 heavy (non-hydrogen) atoms. The number of benzene rings is 3. The summed E-state index contributed by atoms with van der Waals surface area (Å²) < 4.78 is 44.7. The van der Waals surface area contributed by atoms with Crippen LogP contribution in [-0.4, -0.2) is 29.5 Å². The van der Waals surface area contributed by atoms with Crippen LogP contribution >= 0.6 is 0 Å². The van der Waals surface area contributed by atoms with Gasteiger partial charge in [-0.3, -0.25) is 4.79 Å². The molecule has 1 amide bonds. The molecule has 3 nitrogen and oxygen atoms in total. The van der Waals surface area contributed by atoms with Crippen molar-refractivity contribution in [1.82, 2.24) is 4.90 Å². The largest absolute Gasteiger partial charge is 0.482 e. The number of fused-ring (bicyclic) bond motifs is 1. The third-order valence-electron chi connectivity index (χ3n) is 6.35. The Hall–Kier alpha value is -3.54. The summed E-state index contributed by atoms with van der Waals surface area (Å²) >= 11 is 0. The number of ether oxygens (including phenoxy) is 1. The fourth-order valence-electron chi connectivity index (χ4n) is 4.42. The van der Waals surface area contributed by atoms with Gasteiger partial charge in [0, 0.05) is 37.1 Å². The Morgan fingerprint density at radius 1 is 0.879 bits per heavy atom. The monoisotopic (exact) mass is 449 g/mol. The van der Waals surface area contributed by atoms with Crippen LogP contribution in [0.15, 0.2) is 78.9 Å². The van der Waals surface area contributed by atoms with Crippen molar-refractivity contribution in [2.75, 3.05) is 13.1 Å². The summed E-state index contributed by atoms with van der Waals surface area (Å²) in [5.74, 6) is 0.561. The Bertz CT molecular complexity index is 1190. The first-order valence-electron chi connectivity index (χ1n) is 10.9. The van der Waals surface area contributed by atoms with Gasteiger partial charge in [0.15, 0.2) is 0 Å². The molecule has 1 saturated heterocycles. The molecule has 0 aromatic heterocycles. The van der Waals surface area contributed by atoms with Gasteiger partial charge < -0.3 is 9.64 Å². The molecular formula is C27H22F3NO2. The van der Waals surface area contributed by atoms with Crippen LogP contribution < -0.4 is 4.74 Å². The molecule has 0 N–H and O–H groups in total. The summed E-state index contributed by atoms with van der Waals surface area (Å²) in [7, 11) is 0. The Labute approximate surface area is 190 Å². The summed E-state index contributed by atoms with van der Waals surface area (Å²) in [6.07, 6.45) is 0.982. The molecule has 5 rings (SSSR count). The lowest BCUT2D eigenvalue weighted by atomic mass is 9.87. The molecule has 0 unspecified atom stereocenters. The summed E-state index contributed by atoms with van der Waals surface area (Å²) in [4.78, 5) is 14.5. The normalized spacial score (nSPS) is 16.9. The van der Waals surface area contributed by atoms with Crippen LogP contribution in [0.5, 0.6) is 5.75 Å². The van der Waals surface area contributed by atoms with E-state index in [0.717, 1.165) is 34.6 Å². The summed E-state index contributed by atoms with van der Waals surface area (Å²) in [5.41, 5.74) is 2.31. The number of piperidine rings is 1. The fraction of sp³-hybridized carbons (Fsp3) is 0.222. The molecular weight excluding hydrogens is 427 g/mol. The fourth-order valence-corrected chi connectivity index (χ4v) is 4.42. The van der Waals surface area contributed by atoms with Gasteiger partial charge in [0.25, 0.3) is 5.91 Å². The molecule has 3 aromatic rings. The van der Waals surface area contributed by atoms with Crippen LogP contribution in [0.4, 0.5) is 13.2 Å². The molecule has 0 aliphatic carbocycles. The molecule has 1 fully saturated rings. The summed E-state index contributed by atoms with van der Waals surface area (Å²) in [5, 5.41) is 0. The number of hydrogen-bond donors (Lipinski definition) is 0. The molecule has 0 saturated carbocycles. The highest BCUT2D eigenvalue weighted by Crippen LogP contribution is 2.39. The third-order valence-corrected chi connectivity index (χ3v) is 6.35. The Morgan fingerprint density at radius 3 is 2.24 bits per heavy atom. The van der Waals surface area contributed by atoms with Crippen molar-refractivity contribution in [2.45, 2.75) is 24.6 Å². The van der Waals surface area contributed by atoms with Crippen LogP contribution in [0.1, 0.15) is 34.3 Å². The number of rotatable bonds is 2. The third kappa shape index (κ3) is 4.25. The second kappa shape index (κ2) is 8.10. The van der Waals surface area contributed by atoms with Crippen LogP contribution in [0, 0.1) is 0 Å². The Morgan fingerprint density at radius 2 is 1.58 bits per heavy atom. The van der Waals surface area contributed by atoms with Crippen LogP contribution in [0.3, 0.4) is 0 Å². The minimum atomic E-state index is -4.41. The molecule has 1 spiro atoms. The van der Waals surface area contributed by atoms with Crippen LogP contribution in [0.2, 0.25) is 0 Å². The summed E-state index contributed by atoms with van der Waals surface area (Å²) in [6, 6.07) is 20.7. The second-order valence-electron chi connectivity index (χ2n) is 8.49. The zero-order valence-electron chi connectivity index (χ0n) is 17.8. The zero-order valence-corrected chi connectivity index (χ0v) is 17.8. The first-order chi connectivity index (χ1) is 15.8. The van der Waals surface area contributed by atoms with Crippen molar-refractivity contribution in [3.63, 3.8) is 0 Å². The van der Waals surface area contributed by atoms with Crippen molar-refractivity contribution in [2.24, 2.45) is 0 Å². The first-order valence-corrected chi connectivity index (χ1v) is 10.9. The maximum Gasteiger partial charge on any atom is 0.416 e. The SMILES string of the molecule is O=C(c1ccc(C(F)(F)F)cc1)N1CCC2(C=Cc3cc(-c4ccccc4)ccc3O2)CC1. The molecule has 2 aliphatic rings. The van der Waals surface area contributed by atoms with E-state index in [1.807, 2.05) is 30.3 Å². The number of amides is 1. The maximum atomic E-state index is 12.8. The molecule has 3 aromatic carbocycles. The zero-order chi connectivity index (χ0) is 23.1. The van der Waals surface area contributed by atoms with Crippen molar-refractivity contribution in [3.8, 4) is 16.9 Å². The lowest BCUT2D eigenvalue weighted by Gasteiger charge is -2.42. The minimum Gasteiger partial charge on any atom is -0.482 e. The maximum absolute atomic E-state index is 12.8. The Kier molecular flexibility index (Phi) is 5.23. The predicted octanol–water partition coefficient (Wildman–Crippen LogP) is 6.45. The van der Waals surface area contributed by atoms with E-state index in [1.54, 1.807) is 4.90 Å². The number of carbonyl (C=O) groups is 1. The average Bonchev–Trinajstić information content (AvgIpc) is 2.84. The van der Waals surface area contributed by atoms with Gasteiger partial charge >= 0.3 is 6.18 Å². The van der Waals surface area contributed by atoms with E-state index in [0.29, 0.717) is 25.9 Å². The smallest absolute Gasteiger partial charge is 0.416 e. The van der Waals surface area contributed by atoms with Crippen molar-refractivity contribution < 1.29 is 22.7 Å². The first kappa shape index (κ1) is 21.3. The van der Waals surface area contributed by atoms with Gasteiger partial charge in [0.2, 0.25) is 0 Å². The number of halogens is 3. The lowest BCUT2D eigenvalue weighted by molar-refractivity contribution is -0.137. The van der Waals surface area contributed by atoms with Crippen LogP contribution in [-0.2, 0) is 6.18 Å². The molecule has 0 atom stereocenters. The number of nitrogens with zero attached hydrogens (tertiary/aromatic N) is 1. The number of alkyl halides is 3. The van der Waals surface area contributed by atoms with E-state index < -0.39 is 17.3 Å². The minimum absolute atomic E-state index is 0.258. The summed E-state index contributed by atoms with van der Waals surface area (Å²) in [6.45, 7) is 0.948. The van der Waals surface area contributed by atoms with E-state index >= 15 is 0 Å². The van der Waals surface area contributed by atoms with Crippen molar-refractivity contribution >= 4 is 12.0 Å². The number of carbonyl (C=O) groups excluding carboxylic acids is 1. The predicted molar refractivity (Wildman–Crippen MR) is 121 cm³/mol. The van der Waals surface area contributed by atoms with Gasteiger partial charge in [0.05, 0.1) is 5.56 Å². The van der Waals surface area contributed by atoms with E-state index in [-0.39, 0.29) is 11.5 Å². The van der Waals surface area contributed by atoms with E-state index in [9.17, 15) is 18.0 Å². The van der Waals surface area contributed by atoms with E-state index in [4.69, 9.17) is 4.74 Å². The molecule has 0 radical (unpaired) electrons. The van der Waals surface area contributed by atoms with Crippen LogP contribution in [0.25, 0.3) is 17.2 Å². The number of hydrogen-bond acceptors (Lipinski definition) is 2. The highest BCUT2D eigenvalue weighted by atomic mass is 19.4. The van der Waals surface area contributed by atoms with E-state index in [2.05, 4.69) is 30.4 Å². The van der Waals surface area contributed by atoms with Crippen molar-refractivity contribution in [1.29, 1.82) is 0 Å².